The molecule has 2 heterocycles. The summed E-state index contributed by atoms with van der Waals surface area (Å²) in [5.41, 5.74) is 4.23. The summed E-state index contributed by atoms with van der Waals surface area (Å²) >= 11 is 0. The van der Waals surface area contributed by atoms with Crippen molar-refractivity contribution < 1.29 is 4.39 Å². The summed E-state index contributed by atoms with van der Waals surface area (Å²) in [5, 5.41) is 3.41. The lowest BCUT2D eigenvalue weighted by Gasteiger charge is -2.15. The normalized spacial score (nSPS) is 14.9. The van der Waals surface area contributed by atoms with E-state index in [1.807, 2.05) is 0 Å². The predicted molar refractivity (Wildman–Crippen MR) is 81.5 cm³/mol. The van der Waals surface area contributed by atoms with Crippen LogP contribution in [0.25, 0.3) is 11.3 Å². The van der Waals surface area contributed by atoms with Gasteiger partial charge in [0, 0.05) is 23.6 Å². The molecule has 1 N–H and O–H groups in total. The number of hydrogen-bond donors (Lipinski definition) is 1. The Morgan fingerprint density at radius 3 is 2.62 bits per heavy atom. The van der Waals surface area contributed by atoms with Gasteiger partial charge < -0.3 is 5.32 Å². The summed E-state index contributed by atoms with van der Waals surface area (Å²) in [5.74, 6) is 0.916. The minimum atomic E-state index is -0.218. The molecular formula is C17H20FN3. The van der Waals surface area contributed by atoms with Crippen LogP contribution in [0.15, 0.2) is 24.3 Å². The molecule has 0 bridgehead atoms. The van der Waals surface area contributed by atoms with E-state index >= 15 is 0 Å². The Hall–Kier alpha value is -1.81. The molecule has 1 aliphatic rings. The van der Waals surface area contributed by atoms with E-state index in [1.165, 1.54) is 17.7 Å². The number of halogens is 1. The molecule has 3 nitrogen and oxygen atoms in total. The monoisotopic (exact) mass is 285 g/mol. The van der Waals surface area contributed by atoms with E-state index in [-0.39, 0.29) is 11.7 Å². The van der Waals surface area contributed by atoms with Crippen molar-refractivity contribution in [3.05, 3.63) is 47.2 Å². The van der Waals surface area contributed by atoms with E-state index in [9.17, 15) is 4.39 Å². The van der Waals surface area contributed by atoms with Gasteiger partial charge in [-0.25, -0.2) is 14.4 Å². The van der Waals surface area contributed by atoms with Gasteiger partial charge in [0.05, 0.1) is 11.4 Å². The summed E-state index contributed by atoms with van der Waals surface area (Å²) in [7, 11) is 0. The number of fused-ring (bicyclic) bond motifs is 1. The molecule has 0 saturated heterocycles. The van der Waals surface area contributed by atoms with Crippen LogP contribution in [0, 0.1) is 5.82 Å². The molecule has 1 aliphatic heterocycles. The Bertz CT molecular complexity index is 635. The lowest BCUT2D eigenvalue weighted by Crippen LogP contribution is -2.14. The third kappa shape index (κ3) is 2.95. The summed E-state index contributed by atoms with van der Waals surface area (Å²) in [4.78, 5) is 9.49. The zero-order valence-electron chi connectivity index (χ0n) is 12.5. The van der Waals surface area contributed by atoms with Crippen LogP contribution in [0.2, 0.25) is 0 Å². The van der Waals surface area contributed by atoms with E-state index in [0.717, 1.165) is 48.7 Å². The summed E-state index contributed by atoms with van der Waals surface area (Å²) in [6.07, 6.45) is 2.04. The van der Waals surface area contributed by atoms with Gasteiger partial charge in [0.15, 0.2) is 0 Å². The van der Waals surface area contributed by atoms with Gasteiger partial charge in [-0.15, -0.1) is 0 Å². The lowest BCUT2D eigenvalue weighted by atomic mass is 10.00. The average molecular weight is 285 g/mol. The Kier molecular flexibility index (Phi) is 3.97. The second-order valence-electron chi connectivity index (χ2n) is 5.80. The van der Waals surface area contributed by atoms with Crippen LogP contribution in [0.5, 0.6) is 0 Å². The maximum atomic E-state index is 13.2. The SMILES string of the molecule is CC(C)c1nc2c(c(-c3ccc(F)cc3)n1)CCCNC2. The summed E-state index contributed by atoms with van der Waals surface area (Å²) in [6.45, 7) is 5.97. The van der Waals surface area contributed by atoms with E-state index < -0.39 is 0 Å². The highest BCUT2D eigenvalue weighted by Crippen LogP contribution is 2.28. The molecule has 0 saturated carbocycles. The highest BCUT2D eigenvalue weighted by molar-refractivity contribution is 5.64. The van der Waals surface area contributed by atoms with E-state index in [0.29, 0.717) is 0 Å². The Balaban J connectivity index is 2.16. The van der Waals surface area contributed by atoms with Crippen molar-refractivity contribution in [2.75, 3.05) is 6.54 Å². The van der Waals surface area contributed by atoms with Crippen molar-refractivity contribution in [3.63, 3.8) is 0 Å². The highest BCUT2D eigenvalue weighted by atomic mass is 19.1. The number of nitrogens with one attached hydrogen (secondary N) is 1. The van der Waals surface area contributed by atoms with Crippen molar-refractivity contribution in [2.45, 2.75) is 39.2 Å². The van der Waals surface area contributed by atoms with Gasteiger partial charge in [0.2, 0.25) is 0 Å². The number of nitrogens with zero attached hydrogens (tertiary/aromatic N) is 2. The molecule has 1 aromatic heterocycles. The van der Waals surface area contributed by atoms with Crippen molar-refractivity contribution in [2.24, 2.45) is 0 Å². The Morgan fingerprint density at radius 2 is 1.90 bits per heavy atom. The van der Waals surface area contributed by atoms with Crippen LogP contribution in [0.4, 0.5) is 4.39 Å². The topological polar surface area (TPSA) is 37.8 Å². The fourth-order valence-corrected chi connectivity index (χ4v) is 2.66. The third-order valence-electron chi connectivity index (χ3n) is 3.82. The summed E-state index contributed by atoms with van der Waals surface area (Å²) in [6, 6.07) is 6.60. The molecule has 0 spiro atoms. The standard InChI is InChI=1S/C17H20FN3/c1-11(2)17-20-15-10-19-9-3-4-14(15)16(21-17)12-5-7-13(18)8-6-12/h5-8,11,19H,3-4,9-10H2,1-2H3. The molecular weight excluding hydrogens is 265 g/mol. The minimum absolute atomic E-state index is 0.218. The van der Waals surface area contributed by atoms with Crippen LogP contribution in [0.3, 0.4) is 0 Å². The van der Waals surface area contributed by atoms with Crippen LogP contribution in [0.1, 0.15) is 43.3 Å². The zero-order valence-corrected chi connectivity index (χ0v) is 12.5. The van der Waals surface area contributed by atoms with Crippen molar-refractivity contribution in [3.8, 4) is 11.3 Å². The van der Waals surface area contributed by atoms with Gasteiger partial charge >= 0.3 is 0 Å². The molecule has 0 fully saturated rings. The maximum absolute atomic E-state index is 13.2. The van der Waals surface area contributed by atoms with Crippen LogP contribution < -0.4 is 5.32 Å². The molecule has 1 aromatic carbocycles. The van der Waals surface area contributed by atoms with Crippen molar-refractivity contribution in [1.29, 1.82) is 0 Å². The number of aromatic nitrogens is 2. The largest absolute Gasteiger partial charge is 0.311 e. The average Bonchev–Trinajstić information content (AvgIpc) is 2.72. The fourth-order valence-electron chi connectivity index (χ4n) is 2.66. The number of benzene rings is 1. The van der Waals surface area contributed by atoms with Gasteiger partial charge in [0.1, 0.15) is 11.6 Å². The molecule has 0 unspecified atom stereocenters. The first kappa shape index (κ1) is 14.1. The van der Waals surface area contributed by atoms with Crippen molar-refractivity contribution >= 4 is 0 Å². The number of hydrogen-bond acceptors (Lipinski definition) is 3. The third-order valence-corrected chi connectivity index (χ3v) is 3.82. The highest BCUT2D eigenvalue weighted by Gasteiger charge is 2.18. The van der Waals surface area contributed by atoms with Gasteiger partial charge in [-0.1, -0.05) is 13.8 Å². The first-order chi connectivity index (χ1) is 10.1. The molecule has 0 amide bonds. The molecule has 0 radical (unpaired) electrons. The van der Waals surface area contributed by atoms with E-state index in [4.69, 9.17) is 9.97 Å². The minimum Gasteiger partial charge on any atom is -0.311 e. The van der Waals surface area contributed by atoms with Gasteiger partial charge in [-0.3, -0.25) is 0 Å². The zero-order chi connectivity index (χ0) is 14.8. The van der Waals surface area contributed by atoms with Crippen LogP contribution >= 0.6 is 0 Å². The number of rotatable bonds is 2. The first-order valence-electron chi connectivity index (χ1n) is 7.51. The van der Waals surface area contributed by atoms with Gasteiger partial charge in [0.25, 0.3) is 0 Å². The second-order valence-corrected chi connectivity index (χ2v) is 5.80. The van der Waals surface area contributed by atoms with E-state index in [1.54, 1.807) is 12.1 Å². The van der Waals surface area contributed by atoms with Gasteiger partial charge in [-0.05, 0) is 43.7 Å². The molecule has 2 aromatic rings. The fraction of sp³-hybridized carbons (Fsp3) is 0.412. The molecule has 4 heteroatoms. The lowest BCUT2D eigenvalue weighted by molar-refractivity contribution is 0.628. The van der Waals surface area contributed by atoms with Crippen LogP contribution in [-0.2, 0) is 13.0 Å². The molecule has 3 rings (SSSR count). The van der Waals surface area contributed by atoms with Crippen LogP contribution in [-0.4, -0.2) is 16.5 Å². The van der Waals surface area contributed by atoms with Crippen molar-refractivity contribution in [1.82, 2.24) is 15.3 Å². The first-order valence-corrected chi connectivity index (χ1v) is 7.51. The van der Waals surface area contributed by atoms with Gasteiger partial charge in [-0.2, -0.15) is 0 Å². The molecule has 110 valence electrons. The smallest absolute Gasteiger partial charge is 0.131 e. The molecule has 0 atom stereocenters. The predicted octanol–water partition coefficient (Wildman–Crippen LogP) is 3.44. The molecule has 0 aliphatic carbocycles. The maximum Gasteiger partial charge on any atom is 0.131 e. The summed E-state index contributed by atoms with van der Waals surface area (Å²) < 4.78 is 13.2. The Morgan fingerprint density at radius 1 is 1.14 bits per heavy atom. The Labute approximate surface area is 124 Å². The second kappa shape index (κ2) is 5.90. The quantitative estimate of drug-likeness (QED) is 0.918. The van der Waals surface area contributed by atoms with E-state index in [2.05, 4.69) is 19.2 Å². The molecule has 21 heavy (non-hydrogen) atoms.